The highest BCUT2D eigenvalue weighted by Crippen LogP contribution is 2.14. The number of nitrogens with one attached hydrogen (secondary N) is 1. The summed E-state index contributed by atoms with van der Waals surface area (Å²) in [5.74, 6) is 2.54. The predicted molar refractivity (Wildman–Crippen MR) is 114 cm³/mol. The van der Waals surface area contributed by atoms with Gasteiger partial charge in [-0.1, -0.05) is 0 Å². The van der Waals surface area contributed by atoms with Crippen LogP contribution in [0.3, 0.4) is 0 Å². The molecule has 1 N–H and O–H groups in total. The Morgan fingerprint density at radius 1 is 1.28 bits per heavy atom. The molecule has 3 heterocycles. The zero-order valence-corrected chi connectivity index (χ0v) is 18.4. The van der Waals surface area contributed by atoms with Gasteiger partial charge in [0.25, 0.3) is 0 Å². The van der Waals surface area contributed by atoms with Gasteiger partial charge in [0.15, 0.2) is 0 Å². The highest BCUT2D eigenvalue weighted by atomic mass is 35.5. The number of hydrogen-bond donors (Lipinski definition) is 1. The van der Waals surface area contributed by atoms with Gasteiger partial charge in [-0.25, -0.2) is 4.98 Å². The van der Waals surface area contributed by atoms with Gasteiger partial charge in [-0.05, 0) is 6.92 Å². The molecular weight excluding hydrogens is 423 g/mol. The molecule has 2 aliphatic rings. The lowest BCUT2D eigenvalue weighted by Crippen LogP contribution is -2.50. The summed E-state index contributed by atoms with van der Waals surface area (Å²) in [5, 5.41) is 6.71. The van der Waals surface area contributed by atoms with Gasteiger partial charge < -0.3 is 10.2 Å². The van der Waals surface area contributed by atoms with E-state index in [0.717, 1.165) is 55.7 Å². The van der Waals surface area contributed by atoms with Crippen LogP contribution in [0.15, 0.2) is 5.38 Å². The molecule has 1 aromatic rings. The van der Waals surface area contributed by atoms with Crippen molar-refractivity contribution in [1.29, 1.82) is 0 Å². The second-order valence-electron chi connectivity index (χ2n) is 5.94. The monoisotopic (exact) mass is 448 g/mol. The first-order valence-electron chi connectivity index (χ1n) is 7.93. The molecule has 0 saturated carbocycles. The number of carbonyl (C=O) groups excluding carboxylic acids is 1. The first kappa shape index (κ1) is 25.2. The van der Waals surface area contributed by atoms with Gasteiger partial charge >= 0.3 is 0 Å². The second kappa shape index (κ2) is 12.6. The molecule has 3 rings (SSSR count). The molecule has 25 heavy (non-hydrogen) atoms. The summed E-state index contributed by atoms with van der Waals surface area (Å²) in [6, 6.07) is 0.363. The topological polar surface area (TPSA) is 48.5 Å². The minimum absolute atomic E-state index is 0. The van der Waals surface area contributed by atoms with E-state index in [9.17, 15) is 4.79 Å². The van der Waals surface area contributed by atoms with Crippen LogP contribution in [0, 0.1) is 6.92 Å². The van der Waals surface area contributed by atoms with Crippen molar-refractivity contribution in [2.24, 2.45) is 0 Å². The molecule has 2 fully saturated rings. The average Bonchev–Trinajstić information content (AvgIpc) is 2.94. The van der Waals surface area contributed by atoms with Crippen LogP contribution in [-0.4, -0.2) is 71.0 Å². The van der Waals surface area contributed by atoms with Crippen molar-refractivity contribution >= 4 is 66.2 Å². The summed E-state index contributed by atoms with van der Waals surface area (Å²) >= 11 is 3.65. The Balaban J connectivity index is 0.00000192. The SMILES string of the molecule is Cc1nc(CN2CCN(C(=O)CC3CSCCN3)CC2)cs1.Cl.Cl.Cl. The Hall–Kier alpha value is 0.240. The normalized spacial score (nSPS) is 20.8. The standard InChI is InChI=1S/C15H24N4OS2.3ClH/c1-12-17-14(11-22-12)9-18-3-5-19(6-4-18)15(20)8-13-10-21-7-2-16-13;;;/h11,13,16H,2-10H2,1H3;3*1H. The molecule has 0 radical (unpaired) electrons. The zero-order valence-electron chi connectivity index (χ0n) is 14.3. The molecule has 1 atom stereocenters. The number of amides is 1. The molecule has 2 aliphatic heterocycles. The summed E-state index contributed by atoms with van der Waals surface area (Å²) in [6.45, 7) is 7.59. The summed E-state index contributed by atoms with van der Waals surface area (Å²) in [4.78, 5) is 21.3. The highest BCUT2D eigenvalue weighted by Gasteiger charge is 2.24. The van der Waals surface area contributed by atoms with E-state index in [-0.39, 0.29) is 37.2 Å². The Kier molecular flexibility index (Phi) is 12.7. The number of thiazole rings is 1. The van der Waals surface area contributed by atoms with Crippen LogP contribution in [0.2, 0.25) is 0 Å². The first-order chi connectivity index (χ1) is 10.7. The summed E-state index contributed by atoms with van der Waals surface area (Å²) in [5.41, 5.74) is 1.16. The van der Waals surface area contributed by atoms with E-state index >= 15 is 0 Å². The van der Waals surface area contributed by atoms with Crippen molar-refractivity contribution in [1.82, 2.24) is 20.1 Å². The quantitative estimate of drug-likeness (QED) is 0.765. The van der Waals surface area contributed by atoms with Crippen LogP contribution < -0.4 is 5.32 Å². The van der Waals surface area contributed by atoms with Crippen LogP contribution in [0.1, 0.15) is 17.1 Å². The van der Waals surface area contributed by atoms with Crippen molar-refractivity contribution < 1.29 is 4.79 Å². The third-order valence-electron chi connectivity index (χ3n) is 4.20. The van der Waals surface area contributed by atoms with Gasteiger partial charge in [-0.2, -0.15) is 11.8 Å². The smallest absolute Gasteiger partial charge is 0.224 e. The van der Waals surface area contributed by atoms with Crippen molar-refractivity contribution in [3.63, 3.8) is 0 Å². The fourth-order valence-electron chi connectivity index (χ4n) is 2.96. The molecule has 5 nitrogen and oxygen atoms in total. The minimum atomic E-state index is 0. The average molecular weight is 450 g/mol. The Morgan fingerprint density at radius 3 is 2.56 bits per heavy atom. The molecule has 10 heteroatoms. The Labute approximate surface area is 176 Å². The molecule has 1 aromatic heterocycles. The number of aryl methyl sites for hydroxylation is 1. The van der Waals surface area contributed by atoms with E-state index in [0.29, 0.717) is 18.4 Å². The summed E-state index contributed by atoms with van der Waals surface area (Å²) < 4.78 is 0. The fraction of sp³-hybridized carbons (Fsp3) is 0.733. The zero-order chi connectivity index (χ0) is 15.4. The number of halogens is 3. The Morgan fingerprint density at radius 2 is 2.00 bits per heavy atom. The number of piperazine rings is 1. The third kappa shape index (κ3) is 7.79. The van der Waals surface area contributed by atoms with Gasteiger partial charge in [0.1, 0.15) is 0 Å². The fourth-order valence-corrected chi connectivity index (χ4v) is 4.51. The number of thioether (sulfide) groups is 1. The highest BCUT2D eigenvalue weighted by molar-refractivity contribution is 7.99. The minimum Gasteiger partial charge on any atom is -0.340 e. The van der Waals surface area contributed by atoms with Gasteiger partial charge in [0, 0.05) is 68.6 Å². The van der Waals surface area contributed by atoms with Gasteiger partial charge in [-0.15, -0.1) is 48.6 Å². The van der Waals surface area contributed by atoms with E-state index in [1.807, 2.05) is 23.6 Å². The van der Waals surface area contributed by atoms with Crippen molar-refractivity contribution in [3.8, 4) is 0 Å². The van der Waals surface area contributed by atoms with Crippen LogP contribution >= 0.6 is 60.3 Å². The Bertz CT molecular complexity index is 507. The van der Waals surface area contributed by atoms with Gasteiger partial charge in [0.2, 0.25) is 5.91 Å². The van der Waals surface area contributed by atoms with Crippen molar-refractivity contribution in [2.45, 2.75) is 25.9 Å². The summed E-state index contributed by atoms with van der Waals surface area (Å²) in [7, 11) is 0. The number of hydrogen-bond acceptors (Lipinski definition) is 6. The largest absolute Gasteiger partial charge is 0.340 e. The molecular formula is C15H27Cl3N4OS2. The maximum atomic E-state index is 12.4. The van der Waals surface area contributed by atoms with Crippen LogP contribution in [0.5, 0.6) is 0 Å². The maximum absolute atomic E-state index is 12.4. The lowest BCUT2D eigenvalue weighted by Gasteiger charge is -2.35. The molecule has 0 aliphatic carbocycles. The van der Waals surface area contributed by atoms with Crippen LogP contribution in [-0.2, 0) is 11.3 Å². The van der Waals surface area contributed by atoms with E-state index in [1.165, 1.54) is 5.75 Å². The molecule has 1 amide bonds. The molecule has 0 spiro atoms. The summed E-state index contributed by atoms with van der Waals surface area (Å²) in [6.07, 6.45) is 0.651. The molecule has 2 saturated heterocycles. The van der Waals surface area contributed by atoms with E-state index in [1.54, 1.807) is 11.3 Å². The van der Waals surface area contributed by atoms with Crippen molar-refractivity contribution in [2.75, 3.05) is 44.2 Å². The lowest BCUT2D eigenvalue weighted by molar-refractivity contribution is -0.133. The van der Waals surface area contributed by atoms with Crippen molar-refractivity contribution in [3.05, 3.63) is 16.1 Å². The van der Waals surface area contributed by atoms with E-state index < -0.39 is 0 Å². The molecule has 0 bridgehead atoms. The van der Waals surface area contributed by atoms with E-state index in [4.69, 9.17) is 0 Å². The lowest BCUT2D eigenvalue weighted by atomic mass is 10.2. The number of rotatable bonds is 4. The molecule has 1 unspecified atom stereocenters. The van der Waals surface area contributed by atoms with Gasteiger partial charge in [0.05, 0.1) is 10.7 Å². The first-order valence-corrected chi connectivity index (χ1v) is 9.96. The van der Waals surface area contributed by atoms with Gasteiger partial charge in [-0.3, -0.25) is 9.69 Å². The number of carbonyl (C=O) groups is 1. The maximum Gasteiger partial charge on any atom is 0.224 e. The second-order valence-corrected chi connectivity index (χ2v) is 8.16. The third-order valence-corrected chi connectivity index (χ3v) is 6.15. The predicted octanol–water partition coefficient (Wildman–Crippen LogP) is 2.46. The molecule has 146 valence electrons. The number of aromatic nitrogens is 1. The molecule has 0 aromatic carbocycles. The van der Waals surface area contributed by atoms with Crippen LogP contribution in [0.4, 0.5) is 0 Å². The van der Waals surface area contributed by atoms with E-state index in [2.05, 4.69) is 20.6 Å². The number of nitrogens with zero attached hydrogens (tertiary/aromatic N) is 3. The van der Waals surface area contributed by atoms with Crippen LogP contribution in [0.25, 0.3) is 0 Å².